The van der Waals surface area contributed by atoms with E-state index in [9.17, 15) is 19.7 Å². The van der Waals surface area contributed by atoms with Crippen LogP contribution in [0, 0.1) is 17.0 Å². The summed E-state index contributed by atoms with van der Waals surface area (Å²) in [5, 5.41) is 19.6. The van der Waals surface area contributed by atoms with E-state index in [0.717, 1.165) is 0 Å². The van der Waals surface area contributed by atoms with Gasteiger partial charge in [0.05, 0.1) is 22.7 Å². The highest BCUT2D eigenvalue weighted by Crippen LogP contribution is 2.25. The van der Waals surface area contributed by atoms with E-state index in [1.807, 2.05) is 0 Å². The van der Waals surface area contributed by atoms with Crippen LogP contribution in [-0.4, -0.2) is 42.5 Å². The van der Waals surface area contributed by atoms with Gasteiger partial charge in [-0.2, -0.15) is 0 Å². The van der Waals surface area contributed by atoms with E-state index >= 15 is 0 Å². The molecule has 0 saturated carbocycles. The molecule has 10 nitrogen and oxygen atoms in total. The van der Waals surface area contributed by atoms with Gasteiger partial charge in [-0.25, -0.2) is 0 Å². The Kier molecular flexibility index (Phi) is 5.32. The second-order valence-corrected chi connectivity index (χ2v) is 5.26. The first-order valence-electron chi connectivity index (χ1n) is 7.26. The smallest absolute Gasteiger partial charge is 0.270 e. The predicted octanol–water partition coefficient (Wildman–Crippen LogP) is 1.33. The molecule has 2 aromatic rings. The number of anilines is 2. The maximum atomic E-state index is 12.1. The average Bonchev–Trinajstić information content (AvgIpc) is 2.97. The van der Waals surface area contributed by atoms with Crippen LogP contribution < -0.4 is 15.5 Å². The molecule has 2 amide bonds. The number of non-ortho nitro benzene ring substituents is 1. The predicted molar refractivity (Wildman–Crippen MR) is 89.6 cm³/mol. The molecule has 25 heavy (non-hydrogen) atoms. The minimum atomic E-state index is -0.587. The van der Waals surface area contributed by atoms with Crippen molar-refractivity contribution < 1.29 is 19.0 Å². The standard InChI is InChI=1S/C15H17N5O5/c1-9-6-13(18-25-9)17-14(21)8-19(3)12-5-4-10(20(23)24)7-11(12)15(22)16-2/h4-7H,8H2,1-3H3,(H,16,22)(H,17,18,21). The largest absolute Gasteiger partial charge is 0.365 e. The van der Waals surface area contributed by atoms with E-state index < -0.39 is 10.8 Å². The molecule has 1 aromatic heterocycles. The van der Waals surface area contributed by atoms with Gasteiger partial charge in [0.15, 0.2) is 5.82 Å². The third-order valence-corrected chi connectivity index (χ3v) is 3.35. The number of likely N-dealkylation sites (N-methyl/N-ethyl adjacent to an activating group) is 1. The monoisotopic (exact) mass is 347 g/mol. The first kappa shape index (κ1) is 17.9. The molecule has 0 radical (unpaired) electrons. The number of benzene rings is 1. The van der Waals surface area contributed by atoms with Gasteiger partial charge in [0.1, 0.15) is 5.76 Å². The van der Waals surface area contributed by atoms with Crippen LogP contribution >= 0.6 is 0 Å². The Labute approximate surface area is 142 Å². The molecule has 0 aliphatic heterocycles. The van der Waals surface area contributed by atoms with Gasteiger partial charge < -0.3 is 20.1 Å². The van der Waals surface area contributed by atoms with Gasteiger partial charge in [-0.15, -0.1) is 0 Å². The molecule has 0 bridgehead atoms. The zero-order valence-electron chi connectivity index (χ0n) is 13.9. The van der Waals surface area contributed by atoms with Crippen LogP contribution in [0.25, 0.3) is 0 Å². The molecule has 2 rings (SSSR count). The Hall–Kier alpha value is -3.43. The van der Waals surface area contributed by atoms with Crippen LogP contribution in [0.5, 0.6) is 0 Å². The van der Waals surface area contributed by atoms with Gasteiger partial charge in [0.25, 0.3) is 11.6 Å². The zero-order valence-corrected chi connectivity index (χ0v) is 13.9. The molecule has 1 heterocycles. The number of nitrogens with one attached hydrogen (secondary N) is 2. The van der Waals surface area contributed by atoms with Crippen LogP contribution in [0.2, 0.25) is 0 Å². The molecule has 1 aromatic carbocycles. The molecule has 0 unspecified atom stereocenters. The SMILES string of the molecule is CNC(=O)c1cc([N+](=O)[O-])ccc1N(C)CC(=O)Nc1cc(C)on1. The van der Waals surface area contributed by atoms with Crippen molar-refractivity contribution >= 4 is 29.0 Å². The number of carbonyl (C=O) groups excluding carboxylic acids is 2. The molecule has 10 heteroatoms. The van der Waals surface area contributed by atoms with Crippen molar-refractivity contribution in [3.05, 3.63) is 45.7 Å². The summed E-state index contributed by atoms with van der Waals surface area (Å²) in [4.78, 5) is 35.9. The number of rotatable bonds is 6. The van der Waals surface area contributed by atoms with E-state index in [4.69, 9.17) is 4.52 Å². The van der Waals surface area contributed by atoms with Gasteiger partial charge in [-0.05, 0) is 13.0 Å². The Morgan fingerprint density at radius 1 is 1.36 bits per heavy atom. The van der Waals surface area contributed by atoms with Crippen LogP contribution in [0.4, 0.5) is 17.2 Å². The first-order valence-corrected chi connectivity index (χ1v) is 7.26. The Balaban J connectivity index is 2.19. The summed E-state index contributed by atoms with van der Waals surface area (Å²) in [6.45, 7) is 1.61. The van der Waals surface area contributed by atoms with Crippen molar-refractivity contribution in [2.24, 2.45) is 0 Å². The Morgan fingerprint density at radius 2 is 2.08 bits per heavy atom. The minimum Gasteiger partial charge on any atom is -0.365 e. The summed E-state index contributed by atoms with van der Waals surface area (Å²) in [6, 6.07) is 5.44. The van der Waals surface area contributed by atoms with Gasteiger partial charge >= 0.3 is 0 Å². The number of carbonyl (C=O) groups is 2. The lowest BCUT2D eigenvalue weighted by molar-refractivity contribution is -0.384. The second kappa shape index (κ2) is 7.43. The number of nitro groups is 1. The Morgan fingerprint density at radius 3 is 2.64 bits per heavy atom. The third kappa shape index (κ3) is 4.31. The first-order chi connectivity index (χ1) is 11.8. The molecule has 0 atom stereocenters. The molecular formula is C15H17N5O5. The van der Waals surface area contributed by atoms with Gasteiger partial charge in [0.2, 0.25) is 5.91 Å². The van der Waals surface area contributed by atoms with Gasteiger partial charge in [-0.3, -0.25) is 19.7 Å². The van der Waals surface area contributed by atoms with Crippen molar-refractivity contribution in [1.82, 2.24) is 10.5 Å². The van der Waals surface area contributed by atoms with Crippen molar-refractivity contribution in [2.45, 2.75) is 6.92 Å². The van der Waals surface area contributed by atoms with Gasteiger partial charge in [0, 0.05) is 32.3 Å². The summed E-state index contributed by atoms with van der Waals surface area (Å²) in [5.41, 5.74) is 0.277. The highest BCUT2D eigenvalue weighted by Gasteiger charge is 2.20. The van der Waals surface area contributed by atoms with E-state index in [-0.39, 0.29) is 29.5 Å². The van der Waals surface area contributed by atoms with E-state index in [1.165, 1.54) is 30.1 Å². The summed E-state index contributed by atoms with van der Waals surface area (Å²) in [5.74, 6) is -0.0258. The molecule has 2 N–H and O–H groups in total. The van der Waals surface area contributed by atoms with Crippen molar-refractivity contribution in [2.75, 3.05) is 30.9 Å². The van der Waals surface area contributed by atoms with E-state index in [0.29, 0.717) is 11.4 Å². The fraction of sp³-hybridized carbons (Fsp3) is 0.267. The molecule has 132 valence electrons. The highest BCUT2D eigenvalue weighted by molar-refractivity contribution is 6.01. The van der Waals surface area contributed by atoms with Crippen LogP contribution in [-0.2, 0) is 4.79 Å². The minimum absolute atomic E-state index is 0.0896. The van der Waals surface area contributed by atoms with Crippen molar-refractivity contribution in [3.8, 4) is 0 Å². The summed E-state index contributed by atoms with van der Waals surface area (Å²) < 4.78 is 4.86. The van der Waals surface area contributed by atoms with Crippen molar-refractivity contribution in [1.29, 1.82) is 0 Å². The maximum absolute atomic E-state index is 12.1. The lowest BCUT2D eigenvalue weighted by atomic mass is 10.1. The normalized spacial score (nSPS) is 10.2. The topological polar surface area (TPSA) is 131 Å². The lowest BCUT2D eigenvalue weighted by Gasteiger charge is -2.21. The fourth-order valence-electron chi connectivity index (χ4n) is 2.20. The Bertz CT molecular complexity index is 816. The molecule has 0 aliphatic rings. The summed E-state index contributed by atoms with van der Waals surface area (Å²) >= 11 is 0. The number of hydrogen-bond acceptors (Lipinski definition) is 7. The van der Waals surface area contributed by atoms with Crippen LogP contribution in [0.1, 0.15) is 16.1 Å². The molecular weight excluding hydrogens is 330 g/mol. The summed E-state index contributed by atoms with van der Waals surface area (Å²) in [7, 11) is 3.02. The molecule has 0 spiro atoms. The average molecular weight is 347 g/mol. The zero-order chi connectivity index (χ0) is 18.6. The number of nitrogens with zero attached hydrogens (tertiary/aromatic N) is 3. The number of hydrogen-bond donors (Lipinski definition) is 2. The lowest BCUT2D eigenvalue weighted by Crippen LogP contribution is -2.32. The third-order valence-electron chi connectivity index (χ3n) is 3.35. The van der Waals surface area contributed by atoms with Crippen molar-refractivity contribution in [3.63, 3.8) is 0 Å². The van der Waals surface area contributed by atoms with Crippen LogP contribution in [0.15, 0.2) is 28.8 Å². The number of aromatic nitrogens is 1. The second-order valence-electron chi connectivity index (χ2n) is 5.26. The maximum Gasteiger partial charge on any atom is 0.270 e. The fourth-order valence-corrected chi connectivity index (χ4v) is 2.20. The van der Waals surface area contributed by atoms with E-state index in [2.05, 4.69) is 15.8 Å². The molecule has 0 fully saturated rings. The molecule has 0 aliphatic carbocycles. The van der Waals surface area contributed by atoms with Gasteiger partial charge in [-0.1, -0.05) is 5.16 Å². The highest BCUT2D eigenvalue weighted by atomic mass is 16.6. The molecule has 0 saturated heterocycles. The van der Waals surface area contributed by atoms with E-state index in [1.54, 1.807) is 20.0 Å². The van der Waals surface area contributed by atoms with Crippen LogP contribution in [0.3, 0.4) is 0 Å². The number of nitro benzene ring substituents is 1. The quantitative estimate of drug-likeness (QED) is 0.595. The number of amides is 2. The number of aryl methyl sites for hydroxylation is 1. The summed E-state index contributed by atoms with van der Waals surface area (Å²) in [6.07, 6.45) is 0.